The number of aliphatic imine (C=N–C) groups is 1. The van der Waals surface area contributed by atoms with Gasteiger partial charge in [-0.05, 0) is 29.9 Å². The Balaban J connectivity index is 3.44. The summed E-state index contributed by atoms with van der Waals surface area (Å²) >= 11 is 0. The zero-order valence-electron chi connectivity index (χ0n) is 13.2. The Morgan fingerprint density at radius 2 is 1.22 bits per heavy atom. The number of hydrogen-bond donors (Lipinski definition) is 0. The Morgan fingerprint density at radius 1 is 0.833 bits per heavy atom. The minimum atomic E-state index is -1.34. The molecule has 0 bridgehead atoms. The summed E-state index contributed by atoms with van der Waals surface area (Å²) in [6, 6.07) is 6.45. The first-order chi connectivity index (χ1) is 8.03. The number of para-hydroxylation sites is 1. The van der Waals surface area contributed by atoms with E-state index in [2.05, 4.69) is 71.3 Å². The zero-order valence-corrected chi connectivity index (χ0v) is 15.2. The van der Waals surface area contributed by atoms with Crippen molar-refractivity contribution in [3.05, 3.63) is 29.3 Å². The van der Waals surface area contributed by atoms with Crippen molar-refractivity contribution in [2.75, 3.05) is 0 Å². The van der Waals surface area contributed by atoms with E-state index in [1.165, 1.54) is 21.8 Å². The lowest BCUT2D eigenvalue weighted by molar-refractivity contribution is 1.33. The summed E-state index contributed by atoms with van der Waals surface area (Å²) in [6.07, 6.45) is 0. The molecule has 0 N–H and O–H groups in total. The fraction of sp³-hybridized carbons (Fsp3) is 0.533. The third kappa shape index (κ3) is 3.66. The number of hydrogen-bond acceptors (Lipinski definition) is 1. The van der Waals surface area contributed by atoms with Crippen LogP contribution in [0.25, 0.3) is 0 Å². The van der Waals surface area contributed by atoms with Gasteiger partial charge in [0.1, 0.15) is 0 Å². The van der Waals surface area contributed by atoms with Gasteiger partial charge in [-0.3, -0.25) is 4.99 Å². The monoisotopic (exact) mass is 277 g/mol. The minimum Gasteiger partial charge on any atom is -0.266 e. The van der Waals surface area contributed by atoms with Crippen molar-refractivity contribution >= 4 is 26.8 Å². The molecule has 1 nitrogen and oxygen atoms in total. The summed E-state index contributed by atoms with van der Waals surface area (Å²) in [5.74, 6) is 0. The predicted molar refractivity (Wildman–Crippen MR) is 89.7 cm³/mol. The molecule has 0 aromatic heterocycles. The zero-order chi connectivity index (χ0) is 14.1. The van der Waals surface area contributed by atoms with Gasteiger partial charge in [-0.25, -0.2) is 0 Å². The Morgan fingerprint density at radius 3 is 1.56 bits per heavy atom. The van der Waals surface area contributed by atoms with Gasteiger partial charge in [-0.2, -0.15) is 0 Å². The molecule has 0 saturated carbocycles. The standard InChI is InChI=1S/C15H27NSi2/c1-12-10-9-11-13(2)14(12)16-15(17(3,4)5)18(6,7)8/h9-11H,1-8H3. The molecule has 0 fully saturated rings. The van der Waals surface area contributed by atoms with Crippen LogP contribution in [0.15, 0.2) is 23.2 Å². The third-order valence-corrected chi connectivity index (χ3v) is 10.6. The van der Waals surface area contributed by atoms with Crippen LogP contribution in [0.4, 0.5) is 5.69 Å². The van der Waals surface area contributed by atoms with E-state index in [9.17, 15) is 0 Å². The van der Waals surface area contributed by atoms with Crippen molar-refractivity contribution in [3.63, 3.8) is 0 Å². The van der Waals surface area contributed by atoms with Crippen molar-refractivity contribution in [1.29, 1.82) is 0 Å². The van der Waals surface area contributed by atoms with E-state index in [1.54, 1.807) is 0 Å². The first-order valence-electron chi connectivity index (χ1n) is 6.69. The van der Waals surface area contributed by atoms with Crippen LogP contribution >= 0.6 is 0 Å². The molecule has 1 aromatic rings. The number of benzene rings is 1. The first-order valence-corrected chi connectivity index (χ1v) is 13.7. The Labute approximate surface area is 114 Å². The average Bonchev–Trinajstić information content (AvgIpc) is 2.12. The summed E-state index contributed by atoms with van der Waals surface area (Å²) in [5.41, 5.74) is 3.80. The summed E-state index contributed by atoms with van der Waals surface area (Å²) in [6.45, 7) is 18.8. The van der Waals surface area contributed by atoms with Gasteiger partial charge >= 0.3 is 0 Å². The second-order valence-electron chi connectivity index (χ2n) is 7.20. The molecule has 0 aliphatic rings. The molecule has 1 rings (SSSR count). The molecule has 3 heteroatoms. The second kappa shape index (κ2) is 5.13. The summed E-state index contributed by atoms with van der Waals surface area (Å²) in [4.78, 5) is 6.67. The highest BCUT2D eigenvalue weighted by Gasteiger charge is 2.33. The maximum Gasteiger partial charge on any atom is 0.0904 e. The van der Waals surface area contributed by atoms with Gasteiger partial charge < -0.3 is 0 Å². The maximum atomic E-state index is 5.14. The molecule has 0 heterocycles. The van der Waals surface area contributed by atoms with Gasteiger partial charge in [-0.1, -0.05) is 57.5 Å². The lowest BCUT2D eigenvalue weighted by Gasteiger charge is -2.30. The maximum absolute atomic E-state index is 5.14. The van der Waals surface area contributed by atoms with Crippen LogP contribution < -0.4 is 0 Å². The lowest BCUT2D eigenvalue weighted by Crippen LogP contribution is -2.49. The van der Waals surface area contributed by atoms with Crippen LogP contribution in [0.2, 0.25) is 39.3 Å². The molecule has 18 heavy (non-hydrogen) atoms. The SMILES string of the molecule is Cc1cccc(C)c1N=C([Si](C)(C)C)[Si](C)(C)C. The van der Waals surface area contributed by atoms with E-state index in [0.717, 1.165) is 0 Å². The van der Waals surface area contributed by atoms with E-state index in [4.69, 9.17) is 4.99 Å². The number of nitrogens with zero attached hydrogens (tertiary/aromatic N) is 1. The Hall–Kier alpha value is -0.676. The van der Waals surface area contributed by atoms with Gasteiger partial charge in [0.2, 0.25) is 0 Å². The largest absolute Gasteiger partial charge is 0.266 e. The molecule has 1 aromatic carbocycles. The predicted octanol–water partition coefficient (Wildman–Crippen LogP) is 5.13. The highest BCUT2D eigenvalue weighted by atomic mass is 28.4. The van der Waals surface area contributed by atoms with Crippen molar-refractivity contribution in [3.8, 4) is 0 Å². The molecule has 0 atom stereocenters. The molecule has 0 radical (unpaired) electrons. The van der Waals surface area contributed by atoms with E-state index in [-0.39, 0.29) is 0 Å². The second-order valence-corrected chi connectivity index (χ2v) is 17.6. The van der Waals surface area contributed by atoms with E-state index >= 15 is 0 Å². The van der Waals surface area contributed by atoms with Crippen LogP contribution in [0.3, 0.4) is 0 Å². The molecular formula is C15H27NSi2. The molecule has 0 amide bonds. The summed E-state index contributed by atoms with van der Waals surface area (Å²) in [7, 11) is -2.68. The third-order valence-electron chi connectivity index (χ3n) is 3.08. The average molecular weight is 278 g/mol. The first kappa shape index (κ1) is 15.4. The van der Waals surface area contributed by atoms with E-state index < -0.39 is 16.1 Å². The van der Waals surface area contributed by atoms with Crippen molar-refractivity contribution in [1.82, 2.24) is 0 Å². The van der Waals surface area contributed by atoms with Crippen LogP contribution in [-0.2, 0) is 0 Å². The number of rotatable bonds is 3. The summed E-state index contributed by atoms with van der Waals surface area (Å²) < 4.78 is 0. The molecule has 0 unspecified atom stereocenters. The highest BCUT2D eigenvalue weighted by Crippen LogP contribution is 2.27. The van der Waals surface area contributed by atoms with Gasteiger partial charge in [0.05, 0.1) is 21.8 Å². The fourth-order valence-corrected chi connectivity index (χ4v) is 12.4. The molecule has 0 spiro atoms. The normalized spacial score (nSPS) is 12.4. The van der Waals surface area contributed by atoms with Crippen LogP contribution in [0.1, 0.15) is 11.1 Å². The Kier molecular flexibility index (Phi) is 4.39. The van der Waals surface area contributed by atoms with Gasteiger partial charge in [-0.15, -0.1) is 0 Å². The lowest BCUT2D eigenvalue weighted by atomic mass is 10.1. The number of aryl methyl sites for hydroxylation is 2. The van der Waals surface area contributed by atoms with Crippen LogP contribution in [0, 0.1) is 13.8 Å². The molecule has 100 valence electrons. The van der Waals surface area contributed by atoms with Crippen molar-refractivity contribution in [2.24, 2.45) is 4.99 Å². The smallest absolute Gasteiger partial charge is 0.0904 e. The van der Waals surface area contributed by atoms with Gasteiger partial charge in [0.15, 0.2) is 0 Å². The van der Waals surface area contributed by atoms with Gasteiger partial charge in [0.25, 0.3) is 0 Å². The molecule has 0 saturated heterocycles. The minimum absolute atomic E-state index is 1.21. The molecular weight excluding hydrogens is 250 g/mol. The fourth-order valence-electron chi connectivity index (χ4n) is 2.55. The topological polar surface area (TPSA) is 12.4 Å². The van der Waals surface area contributed by atoms with E-state index in [0.29, 0.717) is 0 Å². The molecule has 0 aliphatic heterocycles. The quantitative estimate of drug-likeness (QED) is 0.536. The van der Waals surface area contributed by atoms with Crippen molar-refractivity contribution < 1.29 is 0 Å². The highest BCUT2D eigenvalue weighted by molar-refractivity contribution is 7.32. The van der Waals surface area contributed by atoms with Crippen LogP contribution in [0.5, 0.6) is 0 Å². The van der Waals surface area contributed by atoms with Gasteiger partial charge in [0, 0.05) is 0 Å². The van der Waals surface area contributed by atoms with E-state index in [1.807, 2.05) is 0 Å². The Bertz CT molecular complexity index is 426. The van der Waals surface area contributed by atoms with Crippen molar-refractivity contribution in [2.45, 2.75) is 53.1 Å². The molecule has 0 aliphatic carbocycles. The van der Waals surface area contributed by atoms with Crippen LogP contribution in [-0.4, -0.2) is 21.1 Å². The summed E-state index contributed by atoms with van der Waals surface area (Å²) in [5, 5.41) is 0.